The fraction of sp³-hybridized carbons (Fsp3) is 0.286. The summed E-state index contributed by atoms with van der Waals surface area (Å²) in [4.78, 5) is 0. The molecule has 0 spiro atoms. The first kappa shape index (κ1) is 13.1. The molecular formula is C14H17NO2S. The van der Waals surface area contributed by atoms with Gasteiger partial charge in [-0.15, -0.1) is 0 Å². The lowest BCUT2D eigenvalue weighted by Crippen LogP contribution is -2.19. The van der Waals surface area contributed by atoms with Crippen LogP contribution in [-0.2, 0) is 0 Å². The SMILES string of the molecule is COc1cccc(C(CN)C(O)c2ccsc2)c1. The Labute approximate surface area is 111 Å². The largest absolute Gasteiger partial charge is 0.497 e. The highest BCUT2D eigenvalue weighted by Gasteiger charge is 2.22. The number of hydrogen-bond donors (Lipinski definition) is 2. The van der Waals surface area contributed by atoms with Gasteiger partial charge in [0.15, 0.2) is 0 Å². The minimum absolute atomic E-state index is 0.116. The summed E-state index contributed by atoms with van der Waals surface area (Å²) in [6, 6.07) is 9.62. The van der Waals surface area contributed by atoms with Crippen LogP contribution in [0.15, 0.2) is 41.1 Å². The van der Waals surface area contributed by atoms with Crippen LogP contribution in [0.2, 0.25) is 0 Å². The van der Waals surface area contributed by atoms with E-state index in [1.807, 2.05) is 41.1 Å². The lowest BCUT2D eigenvalue weighted by atomic mass is 9.90. The maximum atomic E-state index is 10.4. The number of nitrogens with two attached hydrogens (primary N) is 1. The second-order valence-corrected chi connectivity index (χ2v) is 4.90. The highest BCUT2D eigenvalue weighted by molar-refractivity contribution is 7.07. The summed E-state index contributed by atoms with van der Waals surface area (Å²) >= 11 is 1.57. The van der Waals surface area contributed by atoms with Gasteiger partial charge in [-0.3, -0.25) is 0 Å². The summed E-state index contributed by atoms with van der Waals surface area (Å²) in [5.74, 6) is 0.665. The molecule has 4 heteroatoms. The van der Waals surface area contributed by atoms with Gasteiger partial charge in [0, 0.05) is 12.5 Å². The van der Waals surface area contributed by atoms with Crippen LogP contribution in [0.1, 0.15) is 23.1 Å². The van der Waals surface area contributed by atoms with Crippen LogP contribution >= 0.6 is 11.3 Å². The first-order valence-electron chi connectivity index (χ1n) is 5.80. The van der Waals surface area contributed by atoms with Crippen LogP contribution in [0.5, 0.6) is 5.75 Å². The predicted octanol–water partition coefficient (Wildman–Crippen LogP) is 2.53. The summed E-state index contributed by atoms with van der Waals surface area (Å²) in [5.41, 5.74) is 7.72. The molecule has 1 heterocycles. The maximum Gasteiger partial charge on any atom is 0.119 e. The number of ether oxygens (including phenoxy) is 1. The van der Waals surface area contributed by atoms with Crippen molar-refractivity contribution < 1.29 is 9.84 Å². The van der Waals surface area contributed by atoms with Crippen molar-refractivity contribution in [3.05, 3.63) is 52.2 Å². The van der Waals surface area contributed by atoms with Crippen LogP contribution in [-0.4, -0.2) is 18.8 Å². The third kappa shape index (κ3) is 2.72. The Morgan fingerprint density at radius 1 is 1.33 bits per heavy atom. The molecule has 2 rings (SSSR count). The van der Waals surface area contributed by atoms with Crippen molar-refractivity contribution in [2.75, 3.05) is 13.7 Å². The minimum Gasteiger partial charge on any atom is -0.497 e. The number of rotatable bonds is 5. The van der Waals surface area contributed by atoms with Gasteiger partial charge < -0.3 is 15.6 Å². The number of methoxy groups -OCH3 is 1. The molecule has 0 bridgehead atoms. The third-order valence-electron chi connectivity index (χ3n) is 3.04. The van der Waals surface area contributed by atoms with Crippen molar-refractivity contribution in [2.45, 2.75) is 12.0 Å². The van der Waals surface area contributed by atoms with E-state index in [2.05, 4.69) is 0 Å². The molecular weight excluding hydrogens is 246 g/mol. The molecule has 96 valence electrons. The van der Waals surface area contributed by atoms with Crippen LogP contribution in [0, 0.1) is 0 Å². The Balaban J connectivity index is 2.27. The summed E-state index contributed by atoms with van der Waals surface area (Å²) in [7, 11) is 1.63. The Bertz CT molecular complexity index is 484. The van der Waals surface area contributed by atoms with Crippen LogP contribution in [0.4, 0.5) is 0 Å². The first-order valence-corrected chi connectivity index (χ1v) is 6.74. The zero-order chi connectivity index (χ0) is 13.0. The molecule has 0 aliphatic rings. The summed E-state index contributed by atoms with van der Waals surface area (Å²) in [5, 5.41) is 14.3. The van der Waals surface area contributed by atoms with Gasteiger partial charge in [0.05, 0.1) is 13.2 Å². The van der Waals surface area contributed by atoms with E-state index >= 15 is 0 Å². The number of aliphatic hydroxyl groups is 1. The van der Waals surface area contributed by atoms with Crippen molar-refractivity contribution in [3.8, 4) is 5.75 Å². The van der Waals surface area contributed by atoms with E-state index < -0.39 is 6.10 Å². The lowest BCUT2D eigenvalue weighted by molar-refractivity contribution is 0.148. The van der Waals surface area contributed by atoms with Crippen LogP contribution in [0.25, 0.3) is 0 Å². The maximum absolute atomic E-state index is 10.4. The van der Waals surface area contributed by atoms with Crippen molar-refractivity contribution in [1.82, 2.24) is 0 Å². The standard InChI is InChI=1S/C14H17NO2S/c1-17-12-4-2-3-10(7-12)13(8-15)14(16)11-5-6-18-9-11/h2-7,9,13-14,16H,8,15H2,1H3. The molecule has 0 saturated carbocycles. The molecule has 3 nitrogen and oxygen atoms in total. The summed E-state index contributed by atoms with van der Waals surface area (Å²) in [6.45, 7) is 0.393. The Morgan fingerprint density at radius 3 is 2.78 bits per heavy atom. The quantitative estimate of drug-likeness (QED) is 0.871. The molecule has 2 aromatic rings. The van der Waals surface area contributed by atoms with E-state index in [0.717, 1.165) is 16.9 Å². The molecule has 1 aromatic carbocycles. The number of aliphatic hydroxyl groups excluding tert-OH is 1. The first-order chi connectivity index (χ1) is 8.76. The van der Waals surface area contributed by atoms with Gasteiger partial charge in [0.1, 0.15) is 5.75 Å². The van der Waals surface area contributed by atoms with Gasteiger partial charge in [0.2, 0.25) is 0 Å². The van der Waals surface area contributed by atoms with Gasteiger partial charge in [-0.1, -0.05) is 12.1 Å². The average molecular weight is 263 g/mol. The topological polar surface area (TPSA) is 55.5 Å². The Kier molecular flexibility index (Phi) is 4.36. The second kappa shape index (κ2) is 6.00. The van der Waals surface area contributed by atoms with Gasteiger partial charge in [-0.05, 0) is 40.1 Å². The van der Waals surface area contributed by atoms with E-state index in [4.69, 9.17) is 10.5 Å². The zero-order valence-corrected chi connectivity index (χ0v) is 11.1. The number of benzene rings is 1. The third-order valence-corrected chi connectivity index (χ3v) is 3.74. The molecule has 0 fully saturated rings. The normalized spacial score (nSPS) is 14.2. The summed E-state index contributed by atoms with van der Waals surface area (Å²) in [6.07, 6.45) is -0.576. The molecule has 2 atom stereocenters. The van der Waals surface area contributed by atoms with E-state index in [0.29, 0.717) is 6.54 Å². The second-order valence-electron chi connectivity index (χ2n) is 4.12. The minimum atomic E-state index is -0.576. The van der Waals surface area contributed by atoms with Crippen LogP contribution in [0.3, 0.4) is 0 Å². The fourth-order valence-corrected chi connectivity index (χ4v) is 2.68. The highest BCUT2D eigenvalue weighted by atomic mass is 32.1. The smallest absolute Gasteiger partial charge is 0.119 e. The molecule has 0 aliphatic carbocycles. The van der Waals surface area contributed by atoms with Crippen molar-refractivity contribution >= 4 is 11.3 Å². The van der Waals surface area contributed by atoms with Gasteiger partial charge in [0.25, 0.3) is 0 Å². The molecule has 1 aromatic heterocycles. The molecule has 0 aliphatic heterocycles. The van der Waals surface area contributed by atoms with Gasteiger partial charge in [-0.2, -0.15) is 11.3 Å². The number of hydrogen-bond acceptors (Lipinski definition) is 4. The zero-order valence-electron chi connectivity index (χ0n) is 10.2. The van der Waals surface area contributed by atoms with Gasteiger partial charge in [-0.25, -0.2) is 0 Å². The molecule has 2 unspecified atom stereocenters. The van der Waals surface area contributed by atoms with Crippen LogP contribution < -0.4 is 10.5 Å². The van der Waals surface area contributed by atoms with Crippen molar-refractivity contribution in [1.29, 1.82) is 0 Å². The van der Waals surface area contributed by atoms with E-state index in [1.165, 1.54) is 0 Å². The Hall–Kier alpha value is -1.36. The van der Waals surface area contributed by atoms with E-state index in [9.17, 15) is 5.11 Å². The lowest BCUT2D eigenvalue weighted by Gasteiger charge is -2.21. The molecule has 0 amide bonds. The summed E-state index contributed by atoms with van der Waals surface area (Å²) < 4.78 is 5.20. The fourth-order valence-electron chi connectivity index (χ4n) is 2.00. The number of thiophene rings is 1. The predicted molar refractivity (Wildman–Crippen MR) is 74.1 cm³/mol. The highest BCUT2D eigenvalue weighted by Crippen LogP contribution is 2.32. The molecule has 0 radical (unpaired) electrons. The van der Waals surface area contributed by atoms with E-state index in [-0.39, 0.29) is 5.92 Å². The monoisotopic (exact) mass is 263 g/mol. The average Bonchev–Trinajstić information content (AvgIpc) is 2.93. The molecule has 18 heavy (non-hydrogen) atoms. The Morgan fingerprint density at radius 2 is 2.17 bits per heavy atom. The van der Waals surface area contributed by atoms with Crippen molar-refractivity contribution in [2.24, 2.45) is 5.73 Å². The van der Waals surface area contributed by atoms with Gasteiger partial charge >= 0.3 is 0 Å². The molecule has 3 N–H and O–H groups in total. The molecule has 0 saturated heterocycles. The van der Waals surface area contributed by atoms with E-state index in [1.54, 1.807) is 18.4 Å². The van der Waals surface area contributed by atoms with Crippen molar-refractivity contribution in [3.63, 3.8) is 0 Å².